The van der Waals surface area contributed by atoms with E-state index in [9.17, 15) is 9.90 Å². The third-order valence-electron chi connectivity index (χ3n) is 4.36. The van der Waals surface area contributed by atoms with E-state index < -0.39 is 5.63 Å². The maximum absolute atomic E-state index is 11.9. The van der Waals surface area contributed by atoms with Gasteiger partial charge in [-0.3, -0.25) is 0 Å². The van der Waals surface area contributed by atoms with Crippen molar-refractivity contribution < 1.29 is 14.8 Å². The van der Waals surface area contributed by atoms with Crippen LogP contribution in [-0.2, 0) is 6.54 Å². The van der Waals surface area contributed by atoms with Crippen LogP contribution in [0.3, 0.4) is 0 Å². The van der Waals surface area contributed by atoms with E-state index in [1.165, 1.54) is 6.07 Å². The molecule has 1 atom stereocenters. The van der Waals surface area contributed by atoms with Crippen LogP contribution in [-0.4, -0.2) is 5.11 Å². The Morgan fingerprint density at radius 1 is 1.20 bits per heavy atom. The Hall–Kier alpha value is -2.01. The average molecular weight is 379 g/mol. The Balaban J connectivity index is 1.90. The first-order chi connectivity index (χ1) is 11.9. The molecule has 6 heteroatoms. The number of quaternary nitrogens is 1. The molecule has 3 aromatic rings. The summed E-state index contributed by atoms with van der Waals surface area (Å²) in [7, 11) is 0. The first kappa shape index (κ1) is 17.8. The van der Waals surface area contributed by atoms with Gasteiger partial charge in [-0.25, -0.2) is 4.79 Å². The SMILES string of the molecule is Cc1c(O)ccc2c(C[NH2+][C@H](C)c3ccc(Cl)cc3Cl)cc(=O)oc12. The molecule has 1 aromatic heterocycles. The van der Waals surface area contributed by atoms with Gasteiger partial charge in [0, 0.05) is 33.2 Å². The van der Waals surface area contributed by atoms with E-state index in [2.05, 4.69) is 5.32 Å². The second-order valence-electron chi connectivity index (χ2n) is 6.07. The van der Waals surface area contributed by atoms with Gasteiger partial charge in [0.15, 0.2) is 0 Å². The number of aryl methyl sites for hydroxylation is 1. The summed E-state index contributed by atoms with van der Waals surface area (Å²) in [4.78, 5) is 11.9. The van der Waals surface area contributed by atoms with Gasteiger partial charge in [-0.2, -0.15) is 0 Å². The molecule has 0 bridgehead atoms. The molecule has 0 unspecified atom stereocenters. The predicted octanol–water partition coefficient (Wildman–Crippen LogP) is 3.94. The third kappa shape index (κ3) is 3.66. The molecule has 0 spiro atoms. The molecule has 0 saturated carbocycles. The zero-order chi connectivity index (χ0) is 18.1. The minimum atomic E-state index is -0.429. The van der Waals surface area contributed by atoms with Crippen molar-refractivity contribution in [1.29, 1.82) is 0 Å². The van der Waals surface area contributed by atoms with Crippen LogP contribution in [0.25, 0.3) is 11.0 Å². The molecule has 0 aliphatic heterocycles. The lowest BCUT2D eigenvalue weighted by molar-refractivity contribution is -0.707. The van der Waals surface area contributed by atoms with Crippen LogP contribution < -0.4 is 10.9 Å². The van der Waals surface area contributed by atoms with Crippen LogP contribution >= 0.6 is 23.2 Å². The van der Waals surface area contributed by atoms with Crippen molar-refractivity contribution in [2.24, 2.45) is 0 Å². The van der Waals surface area contributed by atoms with Gasteiger partial charge in [0.25, 0.3) is 0 Å². The van der Waals surface area contributed by atoms with Crippen molar-refractivity contribution in [2.45, 2.75) is 26.4 Å². The molecule has 130 valence electrons. The van der Waals surface area contributed by atoms with E-state index >= 15 is 0 Å². The lowest BCUT2D eigenvalue weighted by Gasteiger charge is -2.14. The average Bonchev–Trinajstić information content (AvgIpc) is 2.56. The molecule has 0 aliphatic rings. The van der Waals surface area contributed by atoms with E-state index in [0.29, 0.717) is 27.7 Å². The molecule has 4 nitrogen and oxygen atoms in total. The molecule has 2 aromatic carbocycles. The fourth-order valence-corrected chi connectivity index (χ4v) is 3.47. The summed E-state index contributed by atoms with van der Waals surface area (Å²) in [5.41, 5.74) is 2.39. The second kappa shape index (κ2) is 7.08. The Labute approximate surface area is 155 Å². The zero-order valence-electron chi connectivity index (χ0n) is 13.8. The third-order valence-corrected chi connectivity index (χ3v) is 4.92. The fraction of sp³-hybridized carbons (Fsp3) is 0.211. The highest BCUT2D eigenvalue weighted by molar-refractivity contribution is 6.35. The van der Waals surface area contributed by atoms with Crippen LogP contribution in [0, 0.1) is 6.92 Å². The zero-order valence-corrected chi connectivity index (χ0v) is 15.4. The highest BCUT2D eigenvalue weighted by Crippen LogP contribution is 2.27. The van der Waals surface area contributed by atoms with Gasteiger partial charge in [-0.15, -0.1) is 0 Å². The molecule has 25 heavy (non-hydrogen) atoms. The van der Waals surface area contributed by atoms with Gasteiger partial charge in [-0.05, 0) is 38.1 Å². The quantitative estimate of drug-likeness (QED) is 0.675. The van der Waals surface area contributed by atoms with Gasteiger partial charge in [0.1, 0.15) is 23.9 Å². The summed E-state index contributed by atoms with van der Waals surface area (Å²) in [5.74, 6) is 0.109. The van der Waals surface area contributed by atoms with Crippen molar-refractivity contribution in [3.63, 3.8) is 0 Å². The number of aromatic hydroxyl groups is 1. The summed E-state index contributed by atoms with van der Waals surface area (Å²) in [6.45, 7) is 4.34. The number of hydrogen-bond acceptors (Lipinski definition) is 3. The molecule has 1 heterocycles. The van der Waals surface area contributed by atoms with Crippen molar-refractivity contribution in [2.75, 3.05) is 0 Å². The lowest BCUT2D eigenvalue weighted by Crippen LogP contribution is -2.83. The van der Waals surface area contributed by atoms with Gasteiger partial charge in [-0.1, -0.05) is 29.3 Å². The maximum Gasteiger partial charge on any atom is 0.336 e. The minimum absolute atomic E-state index is 0.0882. The summed E-state index contributed by atoms with van der Waals surface area (Å²) in [5, 5.41) is 14.0. The van der Waals surface area contributed by atoms with Gasteiger partial charge < -0.3 is 14.8 Å². The smallest absolute Gasteiger partial charge is 0.336 e. The summed E-state index contributed by atoms with van der Waals surface area (Å²) in [6.07, 6.45) is 0. The number of halogens is 2. The maximum atomic E-state index is 11.9. The van der Waals surface area contributed by atoms with Crippen LogP contribution in [0.15, 0.2) is 45.6 Å². The van der Waals surface area contributed by atoms with E-state index in [1.54, 1.807) is 25.1 Å². The largest absolute Gasteiger partial charge is 0.508 e. The minimum Gasteiger partial charge on any atom is -0.508 e. The van der Waals surface area contributed by atoms with E-state index in [1.807, 2.05) is 19.1 Å². The summed E-state index contributed by atoms with van der Waals surface area (Å²) >= 11 is 12.2. The molecule has 3 N–H and O–H groups in total. The lowest BCUT2D eigenvalue weighted by atomic mass is 10.0. The molecule has 0 radical (unpaired) electrons. The molecule has 0 amide bonds. The number of phenolic OH excluding ortho intramolecular Hbond substituents is 1. The molecule has 3 rings (SSSR count). The number of rotatable bonds is 4. The van der Waals surface area contributed by atoms with Gasteiger partial charge in [0.05, 0.1) is 5.02 Å². The number of phenols is 1. The van der Waals surface area contributed by atoms with Crippen molar-refractivity contribution >= 4 is 34.2 Å². The monoisotopic (exact) mass is 378 g/mol. The molecule has 0 fully saturated rings. The topological polar surface area (TPSA) is 67.1 Å². The predicted molar refractivity (Wildman–Crippen MR) is 99.4 cm³/mol. The Bertz CT molecular complexity index is 998. The van der Waals surface area contributed by atoms with E-state index in [0.717, 1.165) is 16.5 Å². The molecule has 0 aliphatic carbocycles. The van der Waals surface area contributed by atoms with Crippen LogP contribution in [0.5, 0.6) is 5.75 Å². The molecular weight excluding hydrogens is 361 g/mol. The highest BCUT2D eigenvalue weighted by Gasteiger charge is 2.16. The van der Waals surface area contributed by atoms with Crippen molar-refractivity contribution in [3.05, 3.63) is 73.6 Å². The Kier molecular flexibility index (Phi) is 5.04. The van der Waals surface area contributed by atoms with Crippen molar-refractivity contribution in [1.82, 2.24) is 0 Å². The molecule has 0 saturated heterocycles. The number of hydrogen-bond donors (Lipinski definition) is 2. The summed E-state index contributed by atoms with van der Waals surface area (Å²) < 4.78 is 5.27. The highest BCUT2D eigenvalue weighted by atomic mass is 35.5. The van der Waals surface area contributed by atoms with Crippen LogP contribution in [0.2, 0.25) is 10.0 Å². The number of fused-ring (bicyclic) bond motifs is 1. The normalized spacial score (nSPS) is 12.5. The Morgan fingerprint density at radius 3 is 2.68 bits per heavy atom. The van der Waals surface area contributed by atoms with Crippen molar-refractivity contribution in [3.8, 4) is 5.75 Å². The fourth-order valence-electron chi connectivity index (χ4n) is 2.89. The Morgan fingerprint density at radius 2 is 1.96 bits per heavy atom. The molecular formula is C19H18Cl2NO3+. The number of benzene rings is 2. The first-order valence-corrected chi connectivity index (χ1v) is 8.66. The van der Waals surface area contributed by atoms with Crippen LogP contribution in [0.4, 0.5) is 0 Å². The number of nitrogens with two attached hydrogens (primary N) is 1. The van der Waals surface area contributed by atoms with E-state index in [4.69, 9.17) is 27.6 Å². The van der Waals surface area contributed by atoms with Gasteiger partial charge >= 0.3 is 5.63 Å². The van der Waals surface area contributed by atoms with E-state index in [-0.39, 0.29) is 11.8 Å². The van der Waals surface area contributed by atoms with Crippen LogP contribution in [0.1, 0.15) is 29.7 Å². The standard InChI is InChI=1S/C19H17Cl2NO3/c1-10-17(23)6-5-15-12(7-18(24)25-19(10)15)9-22-11(2)14-4-3-13(20)8-16(14)21/h3-8,11,22-23H,9H2,1-2H3/p+1/t11-/m1/s1. The van der Waals surface area contributed by atoms with Gasteiger partial charge in [0.2, 0.25) is 0 Å². The first-order valence-electron chi connectivity index (χ1n) is 7.90. The second-order valence-corrected chi connectivity index (χ2v) is 6.92. The summed E-state index contributed by atoms with van der Waals surface area (Å²) in [6, 6.07) is 10.4.